The Hall–Kier alpha value is -2.44. The highest BCUT2D eigenvalue weighted by Crippen LogP contribution is 2.19. The fourth-order valence-electron chi connectivity index (χ4n) is 1.63. The second-order valence-corrected chi connectivity index (χ2v) is 4.11. The molecule has 0 fully saturated rings. The number of nitrogens with two attached hydrogens (primary N) is 1. The number of carbonyl (C=O) groups excluding carboxylic acids is 1. The molecule has 5 nitrogen and oxygen atoms in total. The van der Waals surface area contributed by atoms with Crippen LogP contribution in [0.3, 0.4) is 0 Å². The molecule has 3 N–H and O–H groups in total. The van der Waals surface area contributed by atoms with Crippen LogP contribution in [0.15, 0.2) is 18.3 Å². The number of aryl methyl sites for hydroxylation is 2. The van der Waals surface area contributed by atoms with Gasteiger partial charge < -0.3 is 11.1 Å². The first kappa shape index (κ1) is 13.0. The van der Waals surface area contributed by atoms with Crippen molar-refractivity contribution in [3.05, 3.63) is 41.2 Å². The van der Waals surface area contributed by atoms with E-state index < -0.39 is 23.2 Å². The van der Waals surface area contributed by atoms with Gasteiger partial charge in [-0.2, -0.15) is 5.10 Å². The molecule has 19 heavy (non-hydrogen) atoms. The topological polar surface area (TPSA) is 72.9 Å². The number of aromatic nitrogens is 2. The minimum atomic E-state index is -0.965. The highest BCUT2D eigenvalue weighted by molar-refractivity contribution is 6.04. The lowest BCUT2D eigenvalue weighted by Gasteiger charge is -2.05. The molecule has 0 spiro atoms. The Labute approximate surface area is 108 Å². The predicted molar refractivity (Wildman–Crippen MR) is 66.7 cm³/mol. The third-order valence-electron chi connectivity index (χ3n) is 2.60. The number of hydrogen-bond acceptors (Lipinski definition) is 3. The zero-order valence-electron chi connectivity index (χ0n) is 10.4. The molecule has 1 aromatic carbocycles. The number of nitrogens with one attached hydrogen (secondary N) is 1. The smallest absolute Gasteiger partial charge is 0.255 e. The minimum Gasteiger partial charge on any atom is -0.394 e. The van der Waals surface area contributed by atoms with Crippen molar-refractivity contribution in [1.82, 2.24) is 9.78 Å². The molecule has 1 heterocycles. The largest absolute Gasteiger partial charge is 0.394 e. The summed E-state index contributed by atoms with van der Waals surface area (Å²) in [6, 6.07) is 1.78. The van der Waals surface area contributed by atoms with E-state index in [-0.39, 0.29) is 5.56 Å². The van der Waals surface area contributed by atoms with E-state index in [2.05, 4.69) is 10.4 Å². The molecular formula is C12H12F2N4O. The van der Waals surface area contributed by atoms with E-state index in [4.69, 9.17) is 5.73 Å². The maximum Gasteiger partial charge on any atom is 0.255 e. The van der Waals surface area contributed by atoms with Crippen molar-refractivity contribution in [2.75, 3.05) is 11.1 Å². The average molecular weight is 266 g/mol. The van der Waals surface area contributed by atoms with Crippen LogP contribution in [0, 0.1) is 18.6 Å². The van der Waals surface area contributed by atoms with Crippen LogP contribution in [0.5, 0.6) is 0 Å². The lowest BCUT2D eigenvalue weighted by atomic mass is 10.1. The third kappa shape index (κ3) is 2.54. The summed E-state index contributed by atoms with van der Waals surface area (Å²) in [5, 5.41) is 6.57. The van der Waals surface area contributed by atoms with Gasteiger partial charge in [0.1, 0.15) is 17.3 Å². The standard InChI is InChI=1S/C12H12F2N4O/c1-6-10(5-18(2)17-6)16-12(19)7-3-8(13)11(15)9(14)4-7/h3-5H,15H2,1-2H3,(H,16,19). The van der Waals surface area contributed by atoms with Crippen LogP contribution in [0.2, 0.25) is 0 Å². The fraction of sp³-hybridized carbons (Fsp3) is 0.167. The highest BCUT2D eigenvalue weighted by Gasteiger charge is 2.14. The molecule has 100 valence electrons. The molecule has 0 saturated heterocycles. The molecule has 0 aliphatic rings. The number of rotatable bonds is 2. The Kier molecular flexibility index (Phi) is 3.20. The zero-order chi connectivity index (χ0) is 14.2. The number of hydrogen-bond donors (Lipinski definition) is 2. The Morgan fingerprint density at radius 1 is 1.37 bits per heavy atom. The summed E-state index contributed by atoms with van der Waals surface area (Å²) in [7, 11) is 1.70. The lowest BCUT2D eigenvalue weighted by molar-refractivity contribution is 0.102. The van der Waals surface area contributed by atoms with Crippen molar-refractivity contribution >= 4 is 17.3 Å². The van der Waals surface area contributed by atoms with Gasteiger partial charge in [-0.05, 0) is 19.1 Å². The van der Waals surface area contributed by atoms with Crippen molar-refractivity contribution in [3.8, 4) is 0 Å². The molecule has 1 amide bonds. The van der Waals surface area contributed by atoms with Crippen molar-refractivity contribution < 1.29 is 13.6 Å². The lowest BCUT2D eigenvalue weighted by Crippen LogP contribution is -2.13. The number of anilines is 2. The van der Waals surface area contributed by atoms with E-state index in [1.807, 2.05) is 0 Å². The summed E-state index contributed by atoms with van der Waals surface area (Å²) in [5.41, 5.74) is 5.47. The zero-order valence-corrected chi connectivity index (χ0v) is 10.4. The highest BCUT2D eigenvalue weighted by atomic mass is 19.1. The number of amides is 1. The third-order valence-corrected chi connectivity index (χ3v) is 2.60. The summed E-state index contributed by atoms with van der Waals surface area (Å²) in [6.45, 7) is 1.71. The normalized spacial score (nSPS) is 10.5. The average Bonchev–Trinajstić information content (AvgIpc) is 2.64. The SMILES string of the molecule is Cc1nn(C)cc1NC(=O)c1cc(F)c(N)c(F)c1. The number of halogens is 2. The fourth-order valence-corrected chi connectivity index (χ4v) is 1.63. The quantitative estimate of drug-likeness (QED) is 0.815. The molecule has 0 bridgehead atoms. The summed E-state index contributed by atoms with van der Waals surface area (Å²) in [6.07, 6.45) is 1.59. The molecule has 7 heteroatoms. The van der Waals surface area contributed by atoms with Gasteiger partial charge in [-0.1, -0.05) is 0 Å². The first-order valence-electron chi connectivity index (χ1n) is 5.44. The van der Waals surface area contributed by atoms with Crippen molar-refractivity contribution in [1.29, 1.82) is 0 Å². The Morgan fingerprint density at radius 3 is 2.42 bits per heavy atom. The molecule has 0 unspecified atom stereocenters. The summed E-state index contributed by atoms with van der Waals surface area (Å²) in [5.74, 6) is -2.56. The van der Waals surface area contributed by atoms with Gasteiger partial charge in [0.15, 0.2) is 0 Å². The van der Waals surface area contributed by atoms with Crippen molar-refractivity contribution in [2.24, 2.45) is 7.05 Å². The Balaban J connectivity index is 2.28. The van der Waals surface area contributed by atoms with Gasteiger partial charge in [0.2, 0.25) is 0 Å². The molecule has 2 aromatic rings. The van der Waals surface area contributed by atoms with E-state index in [1.165, 1.54) is 4.68 Å². The van der Waals surface area contributed by atoms with Crippen LogP contribution < -0.4 is 11.1 Å². The number of nitrogens with zero attached hydrogens (tertiary/aromatic N) is 2. The number of benzene rings is 1. The maximum atomic E-state index is 13.3. The summed E-state index contributed by atoms with van der Waals surface area (Å²) >= 11 is 0. The monoisotopic (exact) mass is 266 g/mol. The predicted octanol–water partition coefficient (Wildman–Crippen LogP) is 1.84. The molecule has 1 aromatic heterocycles. The Morgan fingerprint density at radius 2 is 1.95 bits per heavy atom. The first-order chi connectivity index (χ1) is 8.88. The van der Waals surface area contributed by atoms with Gasteiger partial charge in [-0.15, -0.1) is 0 Å². The Bertz CT molecular complexity index is 628. The van der Waals surface area contributed by atoms with E-state index in [9.17, 15) is 13.6 Å². The van der Waals surface area contributed by atoms with E-state index >= 15 is 0 Å². The van der Waals surface area contributed by atoms with Gasteiger partial charge in [0, 0.05) is 18.8 Å². The number of nitrogen functional groups attached to an aromatic ring is 1. The van der Waals surface area contributed by atoms with Crippen LogP contribution in [0.25, 0.3) is 0 Å². The van der Waals surface area contributed by atoms with E-state index in [0.717, 1.165) is 12.1 Å². The molecular weight excluding hydrogens is 254 g/mol. The summed E-state index contributed by atoms with van der Waals surface area (Å²) in [4.78, 5) is 11.9. The van der Waals surface area contributed by atoms with Gasteiger partial charge in [0.25, 0.3) is 5.91 Å². The maximum absolute atomic E-state index is 13.3. The van der Waals surface area contributed by atoms with E-state index in [0.29, 0.717) is 11.4 Å². The van der Waals surface area contributed by atoms with Crippen LogP contribution in [-0.2, 0) is 7.05 Å². The van der Waals surface area contributed by atoms with Gasteiger partial charge in [-0.3, -0.25) is 9.48 Å². The first-order valence-corrected chi connectivity index (χ1v) is 5.44. The van der Waals surface area contributed by atoms with Crippen molar-refractivity contribution in [3.63, 3.8) is 0 Å². The van der Waals surface area contributed by atoms with Crippen LogP contribution in [0.1, 0.15) is 16.1 Å². The van der Waals surface area contributed by atoms with Crippen LogP contribution in [-0.4, -0.2) is 15.7 Å². The van der Waals surface area contributed by atoms with Crippen LogP contribution >= 0.6 is 0 Å². The van der Waals surface area contributed by atoms with Gasteiger partial charge in [0.05, 0.1) is 11.4 Å². The molecule has 2 rings (SSSR count). The second kappa shape index (κ2) is 4.68. The molecule has 0 radical (unpaired) electrons. The molecule has 0 saturated carbocycles. The number of carbonyl (C=O) groups is 1. The van der Waals surface area contributed by atoms with Crippen LogP contribution in [0.4, 0.5) is 20.2 Å². The molecule has 0 atom stereocenters. The molecule has 0 aliphatic carbocycles. The second-order valence-electron chi connectivity index (χ2n) is 4.11. The van der Waals surface area contributed by atoms with Crippen molar-refractivity contribution in [2.45, 2.75) is 6.92 Å². The van der Waals surface area contributed by atoms with Gasteiger partial charge >= 0.3 is 0 Å². The summed E-state index contributed by atoms with van der Waals surface area (Å²) < 4.78 is 28.0. The van der Waals surface area contributed by atoms with Gasteiger partial charge in [-0.25, -0.2) is 8.78 Å². The molecule has 0 aliphatic heterocycles. The van der Waals surface area contributed by atoms with E-state index in [1.54, 1.807) is 20.2 Å². The minimum absolute atomic E-state index is 0.146.